The lowest BCUT2D eigenvalue weighted by atomic mass is 9.96. The van der Waals surface area contributed by atoms with Crippen LogP contribution >= 0.6 is 0 Å². The minimum Gasteiger partial charge on any atom is -0.287 e. The van der Waals surface area contributed by atoms with Crippen molar-refractivity contribution in [3.63, 3.8) is 0 Å². The fourth-order valence-corrected chi connectivity index (χ4v) is 0.335. The first-order chi connectivity index (χ1) is 4.84. The lowest BCUT2D eigenvalue weighted by molar-refractivity contribution is 0.562. The Kier molecular flexibility index (Phi) is 3.23. The van der Waals surface area contributed by atoms with Crippen LogP contribution in [0, 0.1) is 10.8 Å². The van der Waals surface area contributed by atoms with Gasteiger partial charge in [-0.1, -0.05) is 20.8 Å². The number of rotatable bonds is 1. The van der Waals surface area contributed by atoms with Gasteiger partial charge in [0, 0.05) is 11.1 Å². The topological polar surface area (TPSA) is 48.2 Å². The second-order valence-corrected chi connectivity index (χ2v) is 3.80. The van der Waals surface area contributed by atoms with Gasteiger partial charge in [0.15, 0.2) is 0 Å². The first-order valence-electron chi connectivity index (χ1n) is 3.70. The van der Waals surface area contributed by atoms with Crippen molar-refractivity contribution >= 4 is 11.5 Å². The van der Waals surface area contributed by atoms with E-state index >= 15 is 0 Å². The van der Waals surface area contributed by atoms with Crippen LogP contribution in [0.1, 0.15) is 34.6 Å². The average molecular weight is 155 g/mol. The lowest BCUT2D eigenvalue weighted by Gasteiger charge is -2.18. The number of hydrazone groups is 1. The van der Waals surface area contributed by atoms with Crippen LogP contribution in [-0.4, -0.2) is 11.5 Å². The zero-order valence-corrected chi connectivity index (χ0v) is 7.95. The molecule has 0 radical (unpaired) electrons. The second kappa shape index (κ2) is 3.51. The van der Waals surface area contributed by atoms with Crippen LogP contribution in [0.4, 0.5) is 0 Å². The van der Waals surface area contributed by atoms with Crippen molar-refractivity contribution in [1.82, 2.24) is 5.43 Å². The molecule has 0 amide bonds. The van der Waals surface area contributed by atoms with E-state index < -0.39 is 0 Å². The maximum absolute atomic E-state index is 7.52. The molecule has 3 nitrogen and oxygen atoms in total. The molecule has 0 aromatic rings. The van der Waals surface area contributed by atoms with E-state index in [1.807, 2.05) is 34.6 Å². The summed E-state index contributed by atoms with van der Waals surface area (Å²) in [6.45, 7) is 9.71. The minimum absolute atomic E-state index is 0.140. The Morgan fingerprint density at radius 2 is 1.73 bits per heavy atom. The van der Waals surface area contributed by atoms with Crippen molar-refractivity contribution < 1.29 is 0 Å². The van der Waals surface area contributed by atoms with E-state index in [4.69, 9.17) is 5.41 Å². The molecule has 0 unspecified atom stereocenters. The summed E-state index contributed by atoms with van der Waals surface area (Å²) in [4.78, 5) is 0. The molecule has 0 saturated heterocycles. The van der Waals surface area contributed by atoms with Crippen LogP contribution in [0.5, 0.6) is 0 Å². The maximum Gasteiger partial charge on any atom is 0.119 e. The highest BCUT2D eigenvalue weighted by Gasteiger charge is 2.16. The second-order valence-electron chi connectivity index (χ2n) is 3.80. The van der Waals surface area contributed by atoms with Crippen LogP contribution in [0.3, 0.4) is 0 Å². The zero-order valence-electron chi connectivity index (χ0n) is 7.95. The van der Waals surface area contributed by atoms with E-state index in [1.165, 1.54) is 0 Å². The van der Waals surface area contributed by atoms with Gasteiger partial charge in [0.1, 0.15) is 5.84 Å². The van der Waals surface area contributed by atoms with Crippen molar-refractivity contribution in [2.24, 2.45) is 10.5 Å². The fraction of sp³-hybridized carbons (Fsp3) is 0.750. The van der Waals surface area contributed by atoms with Gasteiger partial charge in [-0.2, -0.15) is 5.10 Å². The van der Waals surface area contributed by atoms with E-state index in [-0.39, 0.29) is 5.41 Å². The van der Waals surface area contributed by atoms with Gasteiger partial charge in [-0.15, -0.1) is 0 Å². The number of hydrogen-bond acceptors (Lipinski definition) is 2. The summed E-state index contributed by atoms with van der Waals surface area (Å²) in [7, 11) is 0. The quantitative estimate of drug-likeness (QED) is 0.339. The molecule has 0 aliphatic carbocycles. The Hall–Kier alpha value is -0.860. The van der Waals surface area contributed by atoms with Crippen LogP contribution in [0.25, 0.3) is 0 Å². The zero-order chi connectivity index (χ0) is 9.07. The maximum atomic E-state index is 7.52. The molecule has 0 rings (SSSR count). The fourth-order valence-electron chi connectivity index (χ4n) is 0.335. The summed E-state index contributed by atoms with van der Waals surface area (Å²) in [5, 5.41) is 11.4. The van der Waals surface area contributed by atoms with Crippen molar-refractivity contribution in [2.75, 3.05) is 0 Å². The molecule has 0 bridgehead atoms. The molecule has 0 spiro atoms. The van der Waals surface area contributed by atoms with E-state index in [0.717, 1.165) is 5.71 Å². The van der Waals surface area contributed by atoms with Crippen LogP contribution in [0.2, 0.25) is 0 Å². The molecule has 0 atom stereocenters. The van der Waals surface area contributed by atoms with E-state index in [9.17, 15) is 0 Å². The first kappa shape index (κ1) is 10.1. The normalized spacial score (nSPS) is 10.6. The average Bonchev–Trinajstić information content (AvgIpc) is 1.80. The van der Waals surface area contributed by atoms with Gasteiger partial charge in [0.05, 0.1) is 0 Å². The molecule has 64 valence electrons. The van der Waals surface area contributed by atoms with Gasteiger partial charge in [-0.05, 0) is 13.8 Å². The molecule has 0 aromatic carbocycles. The molecule has 11 heavy (non-hydrogen) atoms. The van der Waals surface area contributed by atoms with Gasteiger partial charge < -0.3 is 0 Å². The SMILES string of the molecule is CC(C)=NNC(=N)C(C)(C)C. The largest absolute Gasteiger partial charge is 0.287 e. The van der Waals surface area contributed by atoms with E-state index in [0.29, 0.717) is 5.84 Å². The third kappa shape index (κ3) is 4.53. The summed E-state index contributed by atoms with van der Waals surface area (Å²) in [5.74, 6) is 0.443. The Bertz CT molecular complexity index is 170. The Labute approximate surface area is 68.4 Å². The molecule has 2 N–H and O–H groups in total. The summed E-state index contributed by atoms with van der Waals surface area (Å²) in [5.41, 5.74) is 3.48. The monoisotopic (exact) mass is 155 g/mol. The van der Waals surface area contributed by atoms with Crippen molar-refractivity contribution in [3.05, 3.63) is 0 Å². The molecular formula is C8H17N3. The summed E-state index contributed by atoms with van der Waals surface area (Å²) in [6, 6.07) is 0. The molecular weight excluding hydrogens is 138 g/mol. The number of nitrogens with one attached hydrogen (secondary N) is 2. The van der Waals surface area contributed by atoms with E-state index in [2.05, 4.69) is 10.5 Å². The molecule has 0 heterocycles. The van der Waals surface area contributed by atoms with Gasteiger partial charge in [0.2, 0.25) is 0 Å². The molecule has 0 aliphatic heterocycles. The molecule has 0 fully saturated rings. The molecule has 0 saturated carbocycles. The van der Waals surface area contributed by atoms with Crippen LogP contribution in [-0.2, 0) is 0 Å². The Morgan fingerprint density at radius 3 is 2.00 bits per heavy atom. The predicted molar refractivity (Wildman–Crippen MR) is 49.1 cm³/mol. The van der Waals surface area contributed by atoms with Crippen molar-refractivity contribution in [2.45, 2.75) is 34.6 Å². The highest BCUT2D eigenvalue weighted by Crippen LogP contribution is 2.12. The molecule has 3 heteroatoms. The van der Waals surface area contributed by atoms with Crippen LogP contribution < -0.4 is 5.43 Å². The minimum atomic E-state index is -0.140. The third-order valence-corrected chi connectivity index (χ3v) is 1.14. The Balaban J connectivity index is 4.01. The predicted octanol–water partition coefficient (Wildman–Crippen LogP) is 2.00. The van der Waals surface area contributed by atoms with Gasteiger partial charge >= 0.3 is 0 Å². The van der Waals surface area contributed by atoms with E-state index in [1.54, 1.807) is 0 Å². The van der Waals surface area contributed by atoms with Gasteiger partial charge in [-0.25, -0.2) is 0 Å². The summed E-state index contributed by atoms with van der Waals surface area (Å²) in [6.07, 6.45) is 0. The standard InChI is InChI=1S/C8H17N3/c1-6(2)10-11-7(9)8(3,4)5/h1-5H3,(H2,9,11). The third-order valence-electron chi connectivity index (χ3n) is 1.14. The van der Waals surface area contributed by atoms with Gasteiger partial charge in [0.25, 0.3) is 0 Å². The number of amidine groups is 1. The smallest absolute Gasteiger partial charge is 0.119 e. The highest BCUT2D eigenvalue weighted by atomic mass is 15.3. The Morgan fingerprint density at radius 1 is 1.27 bits per heavy atom. The summed E-state index contributed by atoms with van der Waals surface area (Å²) >= 11 is 0. The molecule has 0 aliphatic rings. The first-order valence-corrected chi connectivity index (χ1v) is 3.70. The van der Waals surface area contributed by atoms with Crippen molar-refractivity contribution in [1.29, 1.82) is 5.41 Å². The van der Waals surface area contributed by atoms with Crippen molar-refractivity contribution in [3.8, 4) is 0 Å². The summed E-state index contributed by atoms with van der Waals surface area (Å²) < 4.78 is 0. The lowest BCUT2D eigenvalue weighted by Crippen LogP contribution is -2.31. The van der Waals surface area contributed by atoms with Crippen LogP contribution in [0.15, 0.2) is 5.10 Å². The molecule has 0 aromatic heterocycles. The number of nitrogens with zero attached hydrogens (tertiary/aromatic N) is 1. The highest BCUT2D eigenvalue weighted by molar-refractivity contribution is 5.86. The number of hydrogen-bond donors (Lipinski definition) is 2. The van der Waals surface area contributed by atoms with Gasteiger partial charge in [-0.3, -0.25) is 10.8 Å².